The number of benzene rings is 7. The van der Waals surface area contributed by atoms with Crippen LogP contribution in [0.5, 0.6) is 17.2 Å². The molecule has 0 fully saturated rings. The summed E-state index contributed by atoms with van der Waals surface area (Å²) >= 11 is 3.11. The van der Waals surface area contributed by atoms with Crippen molar-refractivity contribution in [1.82, 2.24) is 0 Å². The van der Waals surface area contributed by atoms with Crippen LogP contribution in [0.3, 0.4) is 0 Å². The molecule has 0 bridgehead atoms. The lowest BCUT2D eigenvalue weighted by molar-refractivity contribution is -0.385. The summed E-state index contributed by atoms with van der Waals surface area (Å²) in [4.78, 5) is 40.5. The van der Waals surface area contributed by atoms with E-state index in [0.29, 0.717) is 22.6 Å². The number of hydrogen-bond acceptors (Lipinski definition) is 12. The Morgan fingerprint density at radius 2 is 0.928 bits per heavy atom. The van der Waals surface area contributed by atoms with Crippen molar-refractivity contribution in [3.05, 3.63) is 233 Å². The summed E-state index contributed by atoms with van der Waals surface area (Å²) in [5.41, 5.74) is 1.88. The van der Waals surface area contributed by atoms with Gasteiger partial charge in [0.1, 0.15) is 57.9 Å². The number of hydrogen-bond donors (Lipinski definition) is 3. The first-order valence-electron chi connectivity index (χ1n) is 20.8. The molecule has 8 rings (SSSR count). The van der Waals surface area contributed by atoms with Crippen LogP contribution in [0.2, 0.25) is 0 Å². The van der Waals surface area contributed by atoms with Crippen LogP contribution in [-0.4, -0.2) is 35.0 Å². The number of rotatable bonds is 13. The molecule has 0 saturated heterocycles. The standard InChI is InChI=1S/C25H20NO3P.C12H13NO3.C7H6BrNO3.C6H5NO3.BrH/c27-25-17-16-21(26(28)29)18-20(25)19-30(22-10-4-1-5-11-22,23-12-6-2-7-13-23)24-14-8-3-9-15-24;1-2-3-4-11-8-9-7-10(13(14)15)5-6-12(9)16-11;8-4-5-3-6(9(11)12)1-2-7(5)10;8-6-3-1-5(2-4-6)7(9)10;/h1-18H,19H2;5-8H,2-4H2,1H3;1-3,10H,4H2;1-4,8H;1H. The molecule has 0 aliphatic rings. The number of alkyl halides is 1. The molecule has 16 nitrogen and oxygen atoms in total. The molecule has 69 heavy (non-hydrogen) atoms. The van der Waals surface area contributed by atoms with Crippen molar-refractivity contribution >= 4 is 72.8 Å². The molecule has 1 heterocycles. The molecule has 356 valence electrons. The summed E-state index contributed by atoms with van der Waals surface area (Å²) in [6.45, 7) is 2.12. The Morgan fingerprint density at radius 1 is 0.522 bits per heavy atom. The lowest BCUT2D eigenvalue weighted by Gasteiger charge is -2.28. The van der Waals surface area contributed by atoms with E-state index in [1.165, 1.54) is 66.7 Å². The Morgan fingerprint density at radius 3 is 1.36 bits per heavy atom. The highest BCUT2D eigenvalue weighted by Gasteiger charge is 2.46. The third kappa shape index (κ3) is 14.7. The monoisotopic (exact) mass is 1080 g/mol. The Balaban J connectivity index is 0.000000223. The van der Waals surface area contributed by atoms with E-state index in [0.717, 1.165) is 51.9 Å². The summed E-state index contributed by atoms with van der Waals surface area (Å²) in [6.07, 6.45) is 3.55. The van der Waals surface area contributed by atoms with Crippen LogP contribution in [0.1, 0.15) is 36.7 Å². The predicted molar refractivity (Wildman–Crippen MR) is 267 cm³/mol. The third-order valence-corrected chi connectivity index (χ3v) is 15.2. The number of nitrogens with zero attached hydrogens (tertiary/aromatic N) is 4. The second-order valence-electron chi connectivity index (χ2n) is 14.8. The average molecular weight is 1080 g/mol. The zero-order valence-corrected chi connectivity index (χ0v) is 40.9. The minimum absolute atomic E-state index is 0. The largest absolute Gasteiger partial charge is 1.00 e. The second kappa shape index (κ2) is 26.1. The van der Waals surface area contributed by atoms with Gasteiger partial charge in [0.25, 0.3) is 22.7 Å². The second-order valence-corrected chi connectivity index (χ2v) is 18.9. The van der Waals surface area contributed by atoms with Gasteiger partial charge in [0.2, 0.25) is 0 Å². The topological polar surface area (TPSA) is 246 Å². The molecule has 3 N–H and O–H groups in total. The van der Waals surface area contributed by atoms with Gasteiger partial charge in [0.15, 0.2) is 0 Å². The fourth-order valence-electron chi connectivity index (χ4n) is 6.88. The Hall–Kier alpha value is -7.53. The number of aryl methyl sites for hydroxylation is 1. The van der Waals surface area contributed by atoms with Crippen molar-refractivity contribution < 1.29 is 56.4 Å². The van der Waals surface area contributed by atoms with E-state index in [-0.39, 0.29) is 57.0 Å². The van der Waals surface area contributed by atoms with E-state index in [1.807, 2.05) is 60.7 Å². The fourth-order valence-corrected chi connectivity index (χ4v) is 11.6. The number of furan rings is 1. The smallest absolute Gasteiger partial charge is 0.270 e. The molecule has 0 saturated carbocycles. The number of non-ortho nitro benzene ring substituents is 4. The molecular formula is C50H45Br2N4O12P. The number of unbranched alkanes of at least 4 members (excludes halogenated alkanes) is 1. The van der Waals surface area contributed by atoms with Crippen LogP contribution < -0.4 is 32.9 Å². The van der Waals surface area contributed by atoms with Crippen molar-refractivity contribution in [2.75, 3.05) is 0 Å². The molecule has 19 heteroatoms. The molecule has 0 amide bonds. The first-order chi connectivity index (χ1) is 32.7. The summed E-state index contributed by atoms with van der Waals surface area (Å²) in [6, 6.07) is 50.5. The lowest BCUT2D eigenvalue weighted by atomic mass is 10.2. The highest BCUT2D eigenvalue weighted by molar-refractivity contribution is 9.08. The molecule has 0 radical (unpaired) electrons. The first kappa shape index (κ1) is 54.1. The van der Waals surface area contributed by atoms with E-state index in [9.17, 15) is 45.6 Å². The van der Waals surface area contributed by atoms with Crippen molar-refractivity contribution in [1.29, 1.82) is 0 Å². The van der Waals surface area contributed by atoms with Gasteiger partial charge in [-0.25, -0.2) is 0 Å². The molecule has 0 aliphatic carbocycles. The number of phenols is 3. The van der Waals surface area contributed by atoms with E-state index >= 15 is 0 Å². The lowest BCUT2D eigenvalue weighted by Crippen LogP contribution is -3.00. The van der Waals surface area contributed by atoms with Crippen molar-refractivity contribution in [3.63, 3.8) is 0 Å². The quantitative estimate of drug-likeness (QED) is 0.0424. The van der Waals surface area contributed by atoms with Crippen LogP contribution in [0.4, 0.5) is 22.7 Å². The maximum atomic E-state index is 11.4. The summed E-state index contributed by atoms with van der Waals surface area (Å²) < 4.78 is 5.58. The molecule has 0 aliphatic heterocycles. The minimum atomic E-state index is -2.23. The fraction of sp³-hybridized carbons (Fsp3) is 0.120. The van der Waals surface area contributed by atoms with Crippen molar-refractivity contribution in [2.24, 2.45) is 0 Å². The van der Waals surface area contributed by atoms with Gasteiger partial charge in [-0.2, -0.15) is 0 Å². The van der Waals surface area contributed by atoms with E-state index < -0.39 is 27.0 Å². The van der Waals surface area contributed by atoms with Crippen LogP contribution in [0.15, 0.2) is 180 Å². The highest BCUT2D eigenvalue weighted by Crippen LogP contribution is 2.59. The third-order valence-electron chi connectivity index (χ3n) is 10.3. The summed E-state index contributed by atoms with van der Waals surface area (Å²) in [7, 11) is -2.23. The van der Waals surface area contributed by atoms with Crippen molar-refractivity contribution in [2.45, 2.75) is 37.7 Å². The normalized spacial score (nSPS) is 10.4. The van der Waals surface area contributed by atoms with Gasteiger partial charge in [-0.15, -0.1) is 0 Å². The highest BCUT2D eigenvalue weighted by atomic mass is 79.9. The number of halogens is 2. The molecular weight excluding hydrogens is 1040 g/mol. The van der Waals surface area contributed by atoms with E-state index in [2.05, 4.69) is 59.3 Å². The van der Waals surface area contributed by atoms with Gasteiger partial charge in [0.05, 0.1) is 19.7 Å². The molecule has 1 aromatic heterocycles. The molecule has 0 spiro atoms. The number of nitro benzene ring substituents is 4. The van der Waals surface area contributed by atoms with Gasteiger partial charge in [-0.05, 0) is 79.2 Å². The molecule has 0 unspecified atom stereocenters. The van der Waals surface area contributed by atoms with E-state index in [1.54, 1.807) is 12.1 Å². The van der Waals surface area contributed by atoms with Gasteiger partial charge in [-0.1, -0.05) is 83.9 Å². The summed E-state index contributed by atoms with van der Waals surface area (Å²) in [5, 5.41) is 75.5. The number of nitro groups is 4. The number of fused-ring (bicyclic) bond motifs is 1. The minimum Gasteiger partial charge on any atom is -1.00 e. The Kier molecular flexibility index (Phi) is 20.5. The van der Waals surface area contributed by atoms with Crippen molar-refractivity contribution in [3.8, 4) is 17.2 Å². The van der Waals surface area contributed by atoms with Crippen LogP contribution >= 0.6 is 23.2 Å². The van der Waals surface area contributed by atoms with Gasteiger partial charge in [-0.3, -0.25) is 40.5 Å². The number of aromatic hydroxyl groups is 3. The zero-order chi connectivity index (χ0) is 49.2. The van der Waals surface area contributed by atoms with Gasteiger partial charge in [0, 0.05) is 76.8 Å². The molecule has 8 aromatic rings. The van der Waals surface area contributed by atoms with Crippen LogP contribution in [0, 0.1) is 40.5 Å². The van der Waals surface area contributed by atoms with Gasteiger partial charge >= 0.3 is 0 Å². The van der Waals surface area contributed by atoms with Crippen LogP contribution in [-0.2, 0) is 17.9 Å². The van der Waals surface area contributed by atoms with Gasteiger partial charge < -0.3 is 36.7 Å². The molecule has 0 atom stereocenters. The first-order valence-corrected chi connectivity index (χ1v) is 23.9. The SMILES string of the molecule is CCCCc1cc2cc([N+](=O)[O-])ccc2o1.O=[N+]([O-])c1ccc(O)c(CBr)c1.O=[N+]([O-])c1ccc(O)c(C[P+](c2ccccc2)(c2ccccc2)c2ccccc2)c1.O=[N+]([O-])c1ccc(O)cc1.[Br-]. The van der Waals surface area contributed by atoms with Crippen LogP contribution in [0.25, 0.3) is 11.0 Å². The molecule has 7 aromatic carbocycles. The maximum Gasteiger partial charge on any atom is 0.270 e. The predicted octanol–water partition coefficient (Wildman–Crippen LogP) is 8.98. The number of phenolic OH excluding ortho intramolecular Hbond substituents is 3. The summed E-state index contributed by atoms with van der Waals surface area (Å²) in [5.74, 6) is 1.08. The zero-order valence-electron chi connectivity index (χ0n) is 36.8. The Bertz CT molecular complexity index is 2870. The Labute approximate surface area is 415 Å². The average Bonchev–Trinajstić information content (AvgIpc) is 3.77. The maximum absolute atomic E-state index is 11.4. The van der Waals surface area contributed by atoms with E-state index in [4.69, 9.17) is 14.6 Å².